The Labute approximate surface area is 125 Å². The molecule has 0 bridgehead atoms. The molecule has 0 aromatic carbocycles. The van der Waals surface area contributed by atoms with E-state index in [0.717, 1.165) is 17.8 Å². The van der Waals surface area contributed by atoms with Crippen LogP contribution in [0.5, 0.6) is 0 Å². The van der Waals surface area contributed by atoms with Crippen molar-refractivity contribution in [2.75, 3.05) is 13.6 Å². The Balaban J connectivity index is 2.52. The van der Waals surface area contributed by atoms with Gasteiger partial charge in [-0.1, -0.05) is 20.4 Å². The molecule has 21 heavy (non-hydrogen) atoms. The van der Waals surface area contributed by atoms with Crippen LogP contribution in [0.15, 0.2) is 18.9 Å². The molecule has 0 aliphatic carbocycles. The minimum atomic E-state index is -0.272. The standard InChI is InChI=1S/C15H24N4O2/c1-6-15(21)18(5)10-14(20)16-7-13-8-17-19(12(13)4)9-11(2)3/h6,8,11H,1,7,9-10H2,2-5H3,(H,16,20). The van der Waals surface area contributed by atoms with Gasteiger partial charge in [0, 0.05) is 31.4 Å². The highest BCUT2D eigenvalue weighted by molar-refractivity contribution is 5.90. The maximum absolute atomic E-state index is 11.8. The smallest absolute Gasteiger partial charge is 0.246 e. The number of amides is 2. The van der Waals surface area contributed by atoms with Crippen molar-refractivity contribution in [3.8, 4) is 0 Å². The molecule has 6 heteroatoms. The summed E-state index contributed by atoms with van der Waals surface area (Å²) in [6.07, 6.45) is 2.96. The van der Waals surface area contributed by atoms with Crippen molar-refractivity contribution >= 4 is 11.8 Å². The van der Waals surface area contributed by atoms with E-state index >= 15 is 0 Å². The van der Waals surface area contributed by atoms with Gasteiger partial charge in [-0.2, -0.15) is 5.10 Å². The molecule has 6 nitrogen and oxygen atoms in total. The molecule has 1 aromatic rings. The Morgan fingerprint density at radius 2 is 2.19 bits per heavy atom. The first-order chi connectivity index (χ1) is 9.85. The maximum Gasteiger partial charge on any atom is 0.246 e. The second-order valence-electron chi connectivity index (χ2n) is 5.51. The van der Waals surface area contributed by atoms with E-state index in [2.05, 4.69) is 30.8 Å². The lowest BCUT2D eigenvalue weighted by molar-refractivity contribution is -0.131. The lowest BCUT2D eigenvalue weighted by Gasteiger charge is -2.14. The van der Waals surface area contributed by atoms with Crippen LogP contribution in [0, 0.1) is 12.8 Å². The van der Waals surface area contributed by atoms with Crippen LogP contribution in [-0.2, 0) is 22.7 Å². The number of carbonyl (C=O) groups excluding carboxylic acids is 2. The van der Waals surface area contributed by atoms with E-state index in [9.17, 15) is 9.59 Å². The molecule has 1 aromatic heterocycles. The second kappa shape index (κ2) is 7.61. The molecule has 2 amide bonds. The highest BCUT2D eigenvalue weighted by Gasteiger charge is 2.12. The summed E-state index contributed by atoms with van der Waals surface area (Å²) in [5, 5.41) is 7.12. The average molecular weight is 292 g/mol. The Morgan fingerprint density at radius 3 is 2.76 bits per heavy atom. The molecule has 116 valence electrons. The second-order valence-corrected chi connectivity index (χ2v) is 5.51. The largest absolute Gasteiger partial charge is 0.350 e. The van der Waals surface area contributed by atoms with E-state index in [1.807, 2.05) is 11.6 Å². The molecule has 0 saturated carbocycles. The number of hydrogen-bond donors (Lipinski definition) is 1. The molecule has 1 heterocycles. The number of nitrogens with one attached hydrogen (secondary N) is 1. The minimum absolute atomic E-state index is 0.0179. The van der Waals surface area contributed by atoms with Crippen molar-refractivity contribution in [1.29, 1.82) is 0 Å². The Kier molecular flexibility index (Phi) is 6.14. The van der Waals surface area contributed by atoms with E-state index in [1.54, 1.807) is 13.2 Å². The number of rotatable bonds is 7. The molecule has 0 aliphatic rings. The van der Waals surface area contributed by atoms with Crippen molar-refractivity contribution in [2.24, 2.45) is 5.92 Å². The molecule has 0 saturated heterocycles. The fourth-order valence-electron chi connectivity index (χ4n) is 1.89. The van der Waals surface area contributed by atoms with Gasteiger partial charge in [-0.3, -0.25) is 14.3 Å². The number of aromatic nitrogens is 2. The SMILES string of the molecule is C=CC(=O)N(C)CC(=O)NCc1cnn(CC(C)C)c1C. The Bertz CT molecular complexity index is 520. The summed E-state index contributed by atoms with van der Waals surface area (Å²) in [6, 6.07) is 0. The quantitative estimate of drug-likeness (QED) is 0.766. The van der Waals surface area contributed by atoms with Gasteiger partial charge >= 0.3 is 0 Å². The lowest BCUT2D eigenvalue weighted by atomic mass is 10.2. The van der Waals surface area contributed by atoms with Gasteiger partial charge in [-0.25, -0.2) is 0 Å². The number of nitrogens with zero attached hydrogens (tertiary/aromatic N) is 3. The topological polar surface area (TPSA) is 67.2 Å². The van der Waals surface area contributed by atoms with Crippen molar-refractivity contribution < 1.29 is 9.59 Å². The lowest BCUT2D eigenvalue weighted by Crippen LogP contribution is -2.37. The normalized spacial score (nSPS) is 10.5. The summed E-state index contributed by atoms with van der Waals surface area (Å²) >= 11 is 0. The van der Waals surface area contributed by atoms with E-state index in [4.69, 9.17) is 0 Å². The first-order valence-electron chi connectivity index (χ1n) is 7.00. The van der Waals surface area contributed by atoms with Gasteiger partial charge in [0.2, 0.25) is 11.8 Å². The fraction of sp³-hybridized carbons (Fsp3) is 0.533. The summed E-state index contributed by atoms with van der Waals surface area (Å²) < 4.78 is 1.94. The zero-order chi connectivity index (χ0) is 16.0. The van der Waals surface area contributed by atoms with Crippen LogP contribution in [-0.4, -0.2) is 40.1 Å². The summed E-state index contributed by atoms with van der Waals surface area (Å²) in [5.41, 5.74) is 2.04. The Morgan fingerprint density at radius 1 is 1.52 bits per heavy atom. The predicted octanol–water partition coefficient (Wildman–Crippen LogP) is 1.11. The van der Waals surface area contributed by atoms with Gasteiger partial charge in [0.25, 0.3) is 0 Å². The molecule has 0 aliphatic heterocycles. The maximum atomic E-state index is 11.8. The number of likely N-dealkylation sites (N-methyl/N-ethyl adjacent to an activating group) is 1. The summed E-state index contributed by atoms with van der Waals surface area (Å²) in [4.78, 5) is 24.4. The van der Waals surface area contributed by atoms with Crippen molar-refractivity contribution in [1.82, 2.24) is 20.0 Å². The zero-order valence-electron chi connectivity index (χ0n) is 13.2. The van der Waals surface area contributed by atoms with E-state index in [-0.39, 0.29) is 18.4 Å². The van der Waals surface area contributed by atoms with Crippen LogP contribution in [0.1, 0.15) is 25.1 Å². The molecule has 1 N–H and O–H groups in total. The molecular weight excluding hydrogens is 268 g/mol. The van der Waals surface area contributed by atoms with Crippen LogP contribution >= 0.6 is 0 Å². The third kappa shape index (κ3) is 5.06. The van der Waals surface area contributed by atoms with E-state index in [1.165, 1.54) is 11.0 Å². The highest BCUT2D eigenvalue weighted by Crippen LogP contribution is 2.09. The van der Waals surface area contributed by atoms with Gasteiger partial charge in [0.1, 0.15) is 0 Å². The van der Waals surface area contributed by atoms with Crippen molar-refractivity contribution in [3.63, 3.8) is 0 Å². The third-order valence-corrected chi connectivity index (χ3v) is 3.15. The van der Waals surface area contributed by atoms with Gasteiger partial charge in [-0.05, 0) is 18.9 Å². The molecule has 1 rings (SSSR count). The third-order valence-electron chi connectivity index (χ3n) is 3.15. The molecule has 0 radical (unpaired) electrons. The van der Waals surface area contributed by atoms with Gasteiger partial charge in [0.15, 0.2) is 0 Å². The van der Waals surface area contributed by atoms with Crippen molar-refractivity contribution in [3.05, 3.63) is 30.1 Å². The number of hydrogen-bond acceptors (Lipinski definition) is 3. The minimum Gasteiger partial charge on any atom is -0.350 e. The summed E-state index contributed by atoms with van der Waals surface area (Å²) in [6.45, 7) is 10.9. The fourth-order valence-corrected chi connectivity index (χ4v) is 1.89. The van der Waals surface area contributed by atoms with E-state index < -0.39 is 0 Å². The first-order valence-corrected chi connectivity index (χ1v) is 7.00. The van der Waals surface area contributed by atoms with Crippen LogP contribution < -0.4 is 5.32 Å². The van der Waals surface area contributed by atoms with E-state index in [0.29, 0.717) is 12.5 Å². The average Bonchev–Trinajstić information content (AvgIpc) is 2.76. The predicted molar refractivity (Wildman–Crippen MR) is 81.5 cm³/mol. The van der Waals surface area contributed by atoms with Crippen LogP contribution in [0.25, 0.3) is 0 Å². The summed E-state index contributed by atoms with van der Waals surface area (Å²) in [7, 11) is 1.56. The van der Waals surface area contributed by atoms with Crippen LogP contribution in [0.4, 0.5) is 0 Å². The van der Waals surface area contributed by atoms with Gasteiger partial charge in [0.05, 0.1) is 12.7 Å². The molecule has 0 unspecified atom stereocenters. The van der Waals surface area contributed by atoms with Crippen molar-refractivity contribution in [2.45, 2.75) is 33.9 Å². The highest BCUT2D eigenvalue weighted by atomic mass is 16.2. The number of carbonyl (C=O) groups is 2. The molecule has 0 spiro atoms. The van der Waals surface area contributed by atoms with Crippen LogP contribution in [0.3, 0.4) is 0 Å². The molecule has 0 atom stereocenters. The first kappa shape index (κ1) is 16.9. The van der Waals surface area contributed by atoms with Crippen LogP contribution in [0.2, 0.25) is 0 Å². The molecule has 0 fully saturated rings. The monoisotopic (exact) mass is 292 g/mol. The zero-order valence-corrected chi connectivity index (χ0v) is 13.2. The summed E-state index contributed by atoms with van der Waals surface area (Å²) in [5.74, 6) is 0.0411. The Hall–Kier alpha value is -2.11. The molecular formula is C15H24N4O2. The van der Waals surface area contributed by atoms with Gasteiger partial charge < -0.3 is 10.2 Å². The van der Waals surface area contributed by atoms with Gasteiger partial charge in [-0.15, -0.1) is 0 Å².